The van der Waals surface area contributed by atoms with Gasteiger partial charge in [0.25, 0.3) is 5.91 Å². The molecule has 1 heterocycles. The van der Waals surface area contributed by atoms with Crippen molar-refractivity contribution >= 4 is 27.7 Å². The van der Waals surface area contributed by atoms with Crippen LogP contribution in [0, 0.1) is 5.92 Å². The van der Waals surface area contributed by atoms with Gasteiger partial charge in [0, 0.05) is 36.7 Å². The molecular weight excluding hydrogens is 322 g/mol. The average Bonchev–Trinajstić information content (AvgIpc) is 2.77. The Hall–Kier alpha value is -1.30. The van der Waals surface area contributed by atoms with Crippen molar-refractivity contribution in [1.29, 1.82) is 0 Å². The highest BCUT2D eigenvalue weighted by molar-refractivity contribution is 9.10. The number of nitrogens with one attached hydrogen (secondary N) is 2. The molecule has 0 saturated carbocycles. The average molecular weight is 344 g/mol. The maximum Gasteiger partial charge on any atom is 0.267 e. The first kappa shape index (κ1) is 16.8. The summed E-state index contributed by atoms with van der Waals surface area (Å²) in [5, 5.41) is 5.58. The standard InChI is InChI=1S/C14H22BrN3O2/c1-4-18-9-11(15)7-12(18)14(20)16-6-5-13(19)17-8-10(2)3/h7,9-10H,4-6,8H2,1-3H3,(H,16,20)(H,17,19). The number of nitrogens with zero attached hydrogens (tertiary/aromatic N) is 1. The van der Waals surface area contributed by atoms with E-state index in [1.165, 1.54) is 0 Å². The highest BCUT2D eigenvalue weighted by atomic mass is 79.9. The van der Waals surface area contributed by atoms with Crippen LogP contribution in [0.15, 0.2) is 16.7 Å². The summed E-state index contributed by atoms with van der Waals surface area (Å²) in [5.41, 5.74) is 0.599. The van der Waals surface area contributed by atoms with E-state index in [4.69, 9.17) is 0 Å². The van der Waals surface area contributed by atoms with Gasteiger partial charge in [-0.25, -0.2) is 0 Å². The Kier molecular flexibility index (Phi) is 6.78. The maximum absolute atomic E-state index is 12.0. The molecule has 1 aromatic heterocycles. The normalized spacial score (nSPS) is 10.7. The van der Waals surface area contributed by atoms with E-state index in [0.717, 1.165) is 11.0 Å². The van der Waals surface area contributed by atoms with Crippen LogP contribution in [0.5, 0.6) is 0 Å². The number of carbonyl (C=O) groups excluding carboxylic acids is 2. The predicted molar refractivity (Wildman–Crippen MR) is 82.6 cm³/mol. The van der Waals surface area contributed by atoms with Crippen molar-refractivity contribution in [3.63, 3.8) is 0 Å². The van der Waals surface area contributed by atoms with Gasteiger partial charge in [-0.3, -0.25) is 9.59 Å². The van der Waals surface area contributed by atoms with Crippen LogP contribution in [-0.4, -0.2) is 29.5 Å². The van der Waals surface area contributed by atoms with Gasteiger partial charge in [-0.15, -0.1) is 0 Å². The molecule has 2 N–H and O–H groups in total. The van der Waals surface area contributed by atoms with Gasteiger partial charge in [0.2, 0.25) is 5.91 Å². The van der Waals surface area contributed by atoms with Gasteiger partial charge in [0.15, 0.2) is 0 Å². The van der Waals surface area contributed by atoms with Gasteiger partial charge in [0.05, 0.1) is 0 Å². The van der Waals surface area contributed by atoms with Gasteiger partial charge in [-0.2, -0.15) is 0 Å². The highest BCUT2D eigenvalue weighted by Gasteiger charge is 2.12. The Labute approximate surface area is 128 Å². The molecule has 1 aromatic rings. The fraction of sp³-hybridized carbons (Fsp3) is 0.571. The molecule has 112 valence electrons. The molecule has 0 bridgehead atoms. The van der Waals surface area contributed by atoms with Crippen molar-refractivity contribution in [1.82, 2.24) is 15.2 Å². The molecule has 0 aliphatic heterocycles. The first-order valence-corrected chi connectivity index (χ1v) is 7.64. The summed E-state index contributed by atoms with van der Waals surface area (Å²) in [6.07, 6.45) is 2.16. The van der Waals surface area contributed by atoms with Crippen molar-refractivity contribution in [2.75, 3.05) is 13.1 Å². The lowest BCUT2D eigenvalue weighted by Gasteiger charge is -2.09. The number of hydrogen-bond acceptors (Lipinski definition) is 2. The molecule has 5 nitrogen and oxygen atoms in total. The van der Waals surface area contributed by atoms with Gasteiger partial charge >= 0.3 is 0 Å². The molecule has 0 aliphatic carbocycles. The fourth-order valence-electron chi connectivity index (χ4n) is 1.71. The van der Waals surface area contributed by atoms with Gasteiger partial charge < -0.3 is 15.2 Å². The van der Waals surface area contributed by atoms with E-state index >= 15 is 0 Å². The number of amides is 2. The zero-order chi connectivity index (χ0) is 15.1. The fourth-order valence-corrected chi connectivity index (χ4v) is 2.18. The Balaban J connectivity index is 2.38. The largest absolute Gasteiger partial charge is 0.356 e. The first-order valence-electron chi connectivity index (χ1n) is 6.84. The molecule has 0 atom stereocenters. The van der Waals surface area contributed by atoms with E-state index in [0.29, 0.717) is 31.1 Å². The minimum Gasteiger partial charge on any atom is -0.356 e. The number of halogens is 1. The molecule has 0 spiro atoms. The zero-order valence-electron chi connectivity index (χ0n) is 12.2. The quantitative estimate of drug-likeness (QED) is 0.796. The van der Waals surface area contributed by atoms with E-state index < -0.39 is 0 Å². The molecule has 20 heavy (non-hydrogen) atoms. The van der Waals surface area contributed by atoms with Gasteiger partial charge in [-0.1, -0.05) is 13.8 Å². The summed E-state index contributed by atoms with van der Waals surface area (Å²) in [4.78, 5) is 23.5. The Morgan fingerprint density at radius 3 is 2.65 bits per heavy atom. The maximum atomic E-state index is 12.0. The summed E-state index contributed by atoms with van der Waals surface area (Å²) in [7, 11) is 0. The molecule has 0 aliphatic rings. The van der Waals surface area contributed by atoms with Crippen molar-refractivity contribution in [3.8, 4) is 0 Å². The van der Waals surface area contributed by atoms with Crippen molar-refractivity contribution < 1.29 is 9.59 Å². The molecular formula is C14H22BrN3O2. The van der Waals surface area contributed by atoms with Crippen LogP contribution in [0.2, 0.25) is 0 Å². The van der Waals surface area contributed by atoms with Crippen molar-refractivity contribution in [2.45, 2.75) is 33.7 Å². The molecule has 6 heteroatoms. The van der Waals surface area contributed by atoms with Gasteiger partial charge in [0.1, 0.15) is 5.69 Å². The Bertz CT molecular complexity index is 469. The molecule has 0 radical (unpaired) electrons. The van der Waals surface area contributed by atoms with Gasteiger partial charge in [-0.05, 0) is 34.8 Å². The minimum absolute atomic E-state index is 0.0361. The highest BCUT2D eigenvalue weighted by Crippen LogP contribution is 2.14. The topological polar surface area (TPSA) is 63.1 Å². The summed E-state index contributed by atoms with van der Waals surface area (Å²) in [5.74, 6) is 0.235. The number of carbonyl (C=O) groups is 2. The summed E-state index contributed by atoms with van der Waals surface area (Å²) in [6, 6.07) is 1.78. The number of aryl methyl sites for hydroxylation is 1. The van der Waals surface area contributed by atoms with Crippen LogP contribution < -0.4 is 10.6 Å². The van der Waals surface area contributed by atoms with E-state index in [1.807, 2.05) is 31.5 Å². The van der Waals surface area contributed by atoms with Crippen LogP contribution >= 0.6 is 15.9 Å². The minimum atomic E-state index is -0.158. The number of rotatable bonds is 7. The second-order valence-corrected chi connectivity index (χ2v) is 5.95. The first-order chi connectivity index (χ1) is 9.43. The molecule has 0 aromatic carbocycles. The summed E-state index contributed by atoms with van der Waals surface area (Å²) >= 11 is 3.35. The number of hydrogen-bond donors (Lipinski definition) is 2. The third-order valence-electron chi connectivity index (χ3n) is 2.78. The lowest BCUT2D eigenvalue weighted by molar-refractivity contribution is -0.121. The molecule has 2 amide bonds. The van der Waals surface area contributed by atoms with E-state index in [2.05, 4.69) is 26.6 Å². The molecule has 0 saturated heterocycles. The monoisotopic (exact) mass is 343 g/mol. The smallest absolute Gasteiger partial charge is 0.267 e. The van der Waals surface area contributed by atoms with Crippen molar-refractivity contribution in [2.24, 2.45) is 5.92 Å². The third kappa shape index (κ3) is 5.36. The lowest BCUT2D eigenvalue weighted by Crippen LogP contribution is -2.33. The number of aromatic nitrogens is 1. The van der Waals surface area contributed by atoms with E-state index in [1.54, 1.807) is 6.07 Å². The molecule has 0 fully saturated rings. The summed E-state index contributed by atoms with van der Waals surface area (Å²) in [6.45, 7) is 7.79. The lowest BCUT2D eigenvalue weighted by atomic mass is 10.2. The Morgan fingerprint density at radius 1 is 1.35 bits per heavy atom. The van der Waals surface area contributed by atoms with Crippen LogP contribution in [0.25, 0.3) is 0 Å². The zero-order valence-corrected chi connectivity index (χ0v) is 13.8. The van der Waals surface area contributed by atoms with Crippen LogP contribution in [0.4, 0.5) is 0 Å². The summed E-state index contributed by atoms with van der Waals surface area (Å²) < 4.78 is 2.73. The second kappa shape index (κ2) is 8.09. The second-order valence-electron chi connectivity index (χ2n) is 5.03. The van der Waals surface area contributed by atoms with Crippen LogP contribution in [-0.2, 0) is 11.3 Å². The van der Waals surface area contributed by atoms with E-state index in [-0.39, 0.29) is 11.8 Å². The van der Waals surface area contributed by atoms with Crippen LogP contribution in [0.1, 0.15) is 37.7 Å². The predicted octanol–water partition coefficient (Wildman–Crippen LogP) is 2.16. The molecule has 1 rings (SSSR count). The van der Waals surface area contributed by atoms with Crippen LogP contribution in [0.3, 0.4) is 0 Å². The van der Waals surface area contributed by atoms with Crippen molar-refractivity contribution in [3.05, 3.63) is 22.4 Å². The molecule has 0 unspecified atom stereocenters. The Morgan fingerprint density at radius 2 is 2.05 bits per heavy atom. The SMILES string of the molecule is CCn1cc(Br)cc1C(=O)NCCC(=O)NCC(C)C. The third-order valence-corrected chi connectivity index (χ3v) is 3.22. The van der Waals surface area contributed by atoms with E-state index in [9.17, 15) is 9.59 Å².